The normalized spacial score (nSPS) is 19.9. The van der Waals surface area contributed by atoms with Crippen LogP contribution < -0.4 is 11.1 Å². The Labute approximate surface area is 231 Å². The van der Waals surface area contributed by atoms with Crippen LogP contribution in [0.1, 0.15) is 85.1 Å². The first kappa shape index (κ1) is 32.1. The molecular formula is C29H44N4O6. The summed E-state index contributed by atoms with van der Waals surface area (Å²) in [4.78, 5) is 57.7. The highest BCUT2D eigenvalue weighted by atomic mass is 16.4. The predicted molar refractivity (Wildman–Crippen MR) is 149 cm³/mol. The van der Waals surface area contributed by atoms with Gasteiger partial charge in [0, 0.05) is 24.6 Å². The Morgan fingerprint density at radius 2 is 1.77 bits per heavy atom. The number of fused-ring (bicyclic) bond motifs is 1. The minimum atomic E-state index is -1.77. The Morgan fingerprint density at radius 3 is 2.38 bits per heavy atom. The van der Waals surface area contributed by atoms with E-state index in [0.717, 1.165) is 24.2 Å². The smallest absolute Gasteiger partial charge is 0.325 e. The zero-order chi connectivity index (χ0) is 29.3. The molecule has 6 atom stereocenters. The minimum Gasteiger partial charge on any atom is -0.480 e. The zero-order valence-electron chi connectivity index (χ0n) is 23.7. The average Bonchev–Trinajstić information content (AvgIpc) is 3.25. The number of carbonyl (C=O) groups excluding carboxylic acids is 3. The largest absolute Gasteiger partial charge is 0.480 e. The quantitative estimate of drug-likeness (QED) is 0.263. The third-order valence-electron chi connectivity index (χ3n) is 7.59. The highest BCUT2D eigenvalue weighted by molar-refractivity contribution is 6.03. The molecule has 1 aliphatic rings. The van der Waals surface area contributed by atoms with E-state index in [9.17, 15) is 29.4 Å². The van der Waals surface area contributed by atoms with Crippen LogP contribution in [0.15, 0.2) is 29.3 Å². The van der Waals surface area contributed by atoms with E-state index >= 15 is 0 Å². The van der Waals surface area contributed by atoms with Gasteiger partial charge in [0.2, 0.25) is 17.7 Å². The molecule has 5 N–H and O–H groups in total. The van der Waals surface area contributed by atoms with Gasteiger partial charge in [0.1, 0.15) is 17.7 Å². The van der Waals surface area contributed by atoms with Crippen LogP contribution in [0.5, 0.6) is 0 Å². The highest BCUT2D eigenvalue weighted by Gasteiger charge is 2.45. The molecule has 1 aromatic rings. The lowest BCUT2D eigenvalue weighted by Gasteiger charge is -2.36. The fourth-order valence-corrected chi connectivity index (χ4v) is 4.62. The van der Waals surface area contributed by atoms with Gasteiger partial charge in [-0.3, -0.25) is 29.1 Å². The maximum Gasteiger partial charge on any atom is 0.325 e. The summed E-state index contributed by atoms with van der Waals surface area (Å²) in [5, 5.41) is 23.4. The van der Waals surface area contributed by atoms with Gasteiger partial charge in [-0.2, -0.15) is 0 Å². The number of aliphatic carboxylic acids is 1. The van der Waals surface area contributed by atoms with Crippen molar-refractivity contribution in [2.24, 2.45) is 22.6 Å². The van der Waals surface area contributed by atoms with Gasteiger partial charge in [-0.1, -0.05) is 71.6 Å². The highest BCUT2D eigenvalue weighted by Crippen LogP contribution is 2.39. The molecule has 1 aliphatic heterocycles. The molecule has 0 bridgehead atoms. The molecule has 0 spiro atoms. The number of para-hydroxylation sites is 1. The second-order valence-corrected chi connectivity index (χ2v) is 10.8. The number of carboxylic acid groups (broad SMARTS) is 1. The Hall–Kier alpha value is -3.11. The van der Waals surface area contributed by atoms with Crippen LogP contribution in [0, 0.1) is 11.8 Å². The number of imide groups is 1. The van der Waals surface area contributed by atoms with E-state index in [1.807, 2.05) is 13.8 Å². The first-order valence-corrected chi connectivity index (χ1v) is 13.9. The third-order valence-corrected chi connectivity index (χ3v) is 7.59. The summed E-state index contributed by atoms with van der Waals surface area (Å²) in [6.45, 7) is 9.06. The molecule has 216 valence electrons. The fraction of sp³-hybridized carbons (Fsp3) is 0.621. The molecule has 0 saturated heterocycles. The van der Waals surface area contributed by atoms with E-state index < -0.39 is 53.8 Å². The number of aliphatic imine (C=N–C) groups is 1. The Bertz CT molecular complexity index is 1060. The van der Waals surface area contributed by atoms with Gasteiger partial charge in [-0.05, 0) is 31.2 Å². The number of nitrogens with one attached hydrogen (secondary N) is 1. The van der Waals surface area contributed by atoms with Crippen molar-refractivity contribution in [2.45, 2.75) is 103 Å². The standard InChI is InChI=1S/C29H44N4O6/c1-6-8-11-18(3)14-15-24(34)33(27(36)25(30)19(4)7-2)23(26(35)32-20(5)28(37)38)16-29(39)17-31-22-13-10-9-12-21(22)29/h9-10,12-13,17-20,23,25,39H,6-8,11,14-16,30H2,1-5H3,(H,32,35)(H,37,38)/t18-,19+,20-,23+,25+,29+/m0/s1. The Morgan fingerprint density at radius 1 is 1.10 bits per heavy atom. The number of hydrogen-bond acceptors (Lipinski definition) is 7. The number of benzene rings is 1. The van der Waals surface area contributed by atoms with Crippen molar-refractivity contribution in [1.82, 2.24) is 10.2 Å². The molecule has 0 fully saturated rings. The van der Waals surface area contributed by atoms with Crippen LogP contribution in [0.2, 0.25) is 0 Å². The van der Waals surface area contributed by atoms with Gasteiger partial charge in [-0.25, -0.2) is 0 Å². The van der Waals surface area contributed by atoms with Crippen molar-refractivity contribution in [1.29, 1.82) is 0 Å². The summed E-state index contributed by atoms with van der Waals surface area (Å²) in [5.41, 5.74) is 5.44. The van der Waals surface area contributed by atoms with Crippen molar-refractivity contribution in [3.63, 3.8) is 0 Å². The molecule has 0 aliphatic carbocycles. The molecule has 1 heterocycles. The number of hydrogen-bond donors (Lipinski definition) is 4. The topological polar surface area (TPSA) is 162 Å². The van der Waals surface area contributed by atoms with E-state index in [0.29, 0.717) is 24.1 Å². The number of unbranched alkanes of at least 4 members (excludes halogenated alkanes) is 1. The summed E-state index contributed by atoms with van der Waals surface area (Å²) in [6.07, 6.45) is 4.94. The molecular weight excluding hydrogens is 500 g/mol. The summed E-state index contributed by atoms with van der Waals surface area (Å²) in [7, 11) is 0. The second-order valence-electron chi connectivity index (χ2n) is 10.8. The monoisotopic (exact) mass is 544 g/mol. The summed E-state index contributed by atoms with van der Waals surface area (Å²) in [6, 6.07) is 2.96. The van der Waals surface area contributed by atoms with E-state index in [4.69, 9.17) is 5.73 Å². The molecule has 39 heavy (non-hydrogen) atoms. The van der Waals surface area contributed by atoms with E-state index in [2.05, 4.69) is 17.2 Å². The molecule has 0 radical (unpaired) electrons. The molecule has 3 amide bonds. The molecule has 2 rings (SSSR count). The number of rotatable bonds is 15. The lowest BCUT2D eigenvalue weighted by atomic mass is 9.87. The van der Waals surface area contributed by atoms with Crippen LogP contribution >= 0.6 is 0 Å². The average molecular weight is 545 g/mol. The predicted octanol–water partition coefficient (Wildman–Crippen LogP) is 3.27. The van der Waals surface area contributed by atoms with Crippen molar-refractivity contribution in [3.05, 3.63) is 29.8 Å². The summed E-state index contributed by atoms with van der Waals surface area (Å²) in [5.74, 6) is -3.52. The van der Waals surface area contributed by atoms with Crippen LogP contribution in [0.4, 0.5) is 5.69 Å². The number of nitrogens with two attached hydrogens (primary N) is 1. The minimum absolute atomic E-state index is 0.00517. The zero-order valence-corrected chi connectivity index (χ0v) is 23.7. The van der Waals surface area contributed by atoms with E-state index in [1.165, 1.54) is 13.1 Å². The number of carbonyl (C=O) groups is 4. The molecule has 0 aromatic heterocycles. The molecule has 10 heteroatoms. The lowest BCUT2D eigenvalue weighted by molar-refractivity contribution is -0.155. The second kappa shape index (κ2) is 14.3. The Balaban J connectivity index is 2.51. The van der Waals surface area contributed by atoms with Crippen LogP contribution in [-0.2, 0) is 24.8 Å². The molecule has 0 saturated carbocycles. The lowest BCUT2D eigenvalue weighted by Crippen LogP contribution is -2.60. The van der Waals surface area contributed by atoms with Gasteiger partial charge >= 0.3 is 5.97 Å². The summed E-state index contributed by atoms with van der Waals surface area (Å²) < 4.78 is 0. The summed E-state index contributed by atoms with van der Waals surface area (Å²) >= 11 is 0. The first-order chi connectivity index (χ1) is 18.4. The van der Waals surface area contributed by atoms with Crippen molar-refractivity contribution in [2.75, 3.05) is 0 Å². The van der Waals surface area contributed by atoms with Gasteiger partial charge in [0.25, 0.3) is 0 Å². The van der Waals surface area contributed by atoms with E-state index in [1.54, 1.807) is 31.2 Å². The fourth-order valence-electron chi connectivity index (χ4n) is 4.62. The van der Waals surface area contributed by atoms with E-state index in [-0.39, 0.29) is 18.3 Å². The van der Waals surface area contributed by atoms with Crippen LogP contribution in [0.25, 0.3) is 0 Å². The number of aliphatic hydroxyl groups is 1. The van der Waals surface area contributed by atoms with Gasteiger partial charge in [0.05, 0.1) is 11.7 Å². The third kappa shape index (κ3) is 8.19. The number of carboxylic acids is 1. The molecule has 10 nitrogen and oxygen atoms in total. The molecule has 0 unspecified atom stereocenters. The SMILES string of the molecule is CCCC[C@H](C)CCC(=O)N(C(=O)[C@H](N)[C@H](C)CC)[C@H](C[C@@]1(O)C=Nc2ccccc21)C(=O)N[C@@H](C)C(=O)O. The van der Waals surface area contributed by atoms with Gasteiger partial charge < -0.3 is 21.3 Å². The van der Waals surface area contributed by atoms with Crippen molar-refractivity contribution in [3.8, 4) is 0 Å². The van der Waals surface area contributed by atoms with Gasteiger partial charge in [0.15, 0.2) is 0 Å². The van der Waals surface area contributed by atoms with Crippen LogP contribution in [0.3, 0.4) is 0 Å². The Kier molecular flexibility index (Phi) is 11.8. The van der Waals surface area contributed by atoms with Gasteiger partial charge in [-0.15, -0.1) is 0 Å². The number of nitrogens with zero attached hydrogens (tertiary/aromatic N) is 2. The van der Waals surface area contributed by atoms with Crippen molar-refractivity contribution < 1.29 is 29.4 Å². The first-order valence-electron chi connectivity index (χ1n) is 13.9. The maximum absolute atomic E-state index is 13.8. The maximum atomic E-state index is 13.8. The van der Waals surface area contributed by atoms with Crippen LogP contribution in [-0.4, -0.2) is 63.1 Å². The molecule has 1 aromatic carbocycles. The number of amides is 3. The van der Waals surface area contributed by atoms with Crippen molar-refractivity contribution >= 4 is 35.6 Å².